The van der Waals surface area contributed by atoms with Gasteiger partial charge in [-0.3, -0.25) is 10.1 Å². The van der Waals surface area contributed by atoms with Gasteiger partial charge in [-0.15, -0.1) is 0 Å². The fourth-order valence-corrected chi connectivity index (χ4v) is 5.59. The quantitative estimate of drug-likeness (QED) is 0.0340. The summed E-state index contributed by atoms with van der Waals surface area (Å²) in [5.41, 5.74) is 3.91. The van der Waals surface area contributed by atoms with E-state index in [9.17, 15) is 10.1 Å². The predicted molar refractivity (Wildman–Crippen MR) is 186 cm³/mol. The van der Waals surface area contributed by atoms with Crippen molar-refractivity contribution >= 4 is 28.3 Å². The van der Waals surface area contributed by atoms with E-state index in [1.165, 1.54) is 12.1 Å². The number of hydrogen-bond donors (Lipinski definition) is 0. The molecule has 0 aromatic heterocycles. The zero-order valence-electron chi connectivity index (χ0n) is 26.1. The van der Waals surface area contributed by atoms with Gasteiger partial charge < -0.3 is 28.4 Å². The summed E-state index contributed by atoms with van der Waals surface area (Å²) in [6.07, 6.45) is -2.16. The zero-order valence-corrected chi connectivity index (χ0v) is 28.3. The molecule has 0 unspecified atom stereocenters. The molecule has 4 aromatic rings. The minimum Gasteiger partial charge on any atom is -0.374 e. The normalized spacial score (nSPS) is 21.0. The molecular formula is C37H40INO8. The maximum absolute atomic E-state index is 11.1. The van der Waals surface area contributed by atoms with Crippen molar-refractivity contribution in [2.45, 2.75) is 63.6 Å². The second kappa shape index (κ2) is 18.9. The molecule has 0 bridgehead atoms. The van der Waals surface area contributed by atoms with Crippen LogP contribution in [0.25, 0.3) is 0 Å². The summed E-state index contributed by atoms with van der Waals surface area (Å²) in [5.74, 6) is 0. The summed E-state index contributed by atoms with van der Waals surface area (Å²) in [4.78, 5) is 10.7. The van der Waals surface area contributed by atoms with Gasteiger partial charge >= 0.3 is 0 Å². The molecule has 1 saturated heterocycles. The lowest BCUT2D eigenvalue weighted by Gasteiger charge is -2.46. The number of rotatable bonds is 18. The van der Waals surface area contributed by atoms with E-state index in [0.717, 1.165) is 33.1 Å². The van der Waals surface area contributed by atoms with Crippen molar-refractivity contribution in [2.75, 3.05) is 17.6 Å². The lowest BCUT2D eigenvalue weighted by molar-refractivity contribution is -0.384. The molecular weight excluding hydrogens is 713 g/mol. The van der Waals surface area contributed by atoms with E-state index >= 15 is 0 Å². The van der Waals surface area contributed by atoms with Gasteiger partial charge in [0.05, 0.1) is 44.6 Å². The SMILES string of the molecule is O=[N+]([O-])c1ccc(COC[C@H]2O[C@H](OCCCI)[C@@H](OCc3ccccc3)[C@@H](OCc3ccccc3)[C@@H]2OCc2ccccc2)cc1. The molecule has 10 heteroatoms. The van der Waals surface area contributed by atoms with Crippen LogP contribution < -0.4 is 0 Å². The fraction of sp³-hybridized carbons (Fsp3) is 0.351. The molecule has 0 N–H and O–H groups in total. The first kappa shape index (κ1) is 35.1. The highest BCUT2D eigenvalue weighted by molar-refractivity contribution is 14.1. The van der Waals surface area contributed by atoms with Crippen LogP contribution in [0, 0.1) is 10.1 Å². The number of nitro groups is 1. The first-order chi connectivity index (χ1) is 23.1. The summed E-state index contributed by atoms with van der Waals surface area (Å²) < 4.78 is 40.0. The molecule has 5 atom stereocenters. The Labute approximate surface area is 289 Å². The number of non-ortho nitro benzene ring substituents is 1. The third-order valence-corrected chi connectivity index (χ3v) is 8.47. The Hall–Kier alpha value is -3.23. The van der Waals surface area contributed by atoms with Gasteiger partial charge in [-0.05, 0) is 40.8 Å². The van der Waals surface area contributed by atoms with E-state index in [0.29, 0.717) is 26.4 Å². The average Bonchev–Trinajstić information content (AvgIpc) is 3.11. The highest BCUT2D eigenvalue weighted by Crippen LogP contribution is 2.32. The molecule has 0 saturated carbocycles. The molecule has 0 amide bonds. The predicted octanol–water partition coefficient (Wildman–Crippen LogP) is 7.43. The van der Waals surface area contributed by atoms with E-state index in [1.807, 2.05) is 91.0 Å². The molecule has 1 aliphatic rings. The standard InChI is InChI=1S/C37H40INO8/c38-21-10-22-43-37-36(46-26-30-15-8-3-9-16-30)35(45-25-29-13-6-2-7-14-29)34(44-24-28-11-4-1-5-12-28)33(47-37)27-42-23-31-17-19-32(20-18-31)39(40)41/h1-9,11-20,33-37H,10,21-27H2/t33-,34-,35+,36+,37+/m1/s1. The Bertz CT molecular complexity index is 1460. The van der Waals surface area contributed by atoms with E-state index in [4.69, 9.17) is 28.4 Å². The van der Waals surface area contributed by atoms with E-state index in [1.54, 1.807) is 12.1 Å². The highest BCUT2D eigenvalue weighted by atomic mass is 127. The Morgan fingerprint density at radius 1 is 0.617 bits per heavy atom. The van der Waals surface area contributed by atoms with Crippen molar-refractivity contribution in [3.8, 4) is 0 Å². The summed E-state index contributed by atoms with van der Waals surface area (Å²) in [7, 11) is 0. The van der Waals surface area contributed by atoms with Gasteiger partial charge in [0.2, 0.25) is 0 Å². The maximum Gasteiger partial charge on any atom is 0.269 e. The summed E-state index contributed by atoms with van der Waals surface area (Å²) >= 11 is 2.33. The lowest BCUT2D eigenvalue weighted by atomic mass is 9.97. The van der Waals surface area contributed by atoms with Crippen LogP contribution in [0.1, 0.15) is 28.7 Å². The first-order valence-corrected chi connectivity index (χ1v) is 17.2. The van der Waals surface area contributed by atoms with Crippen LogP contribution in [0.3, 0.4) is 0 Å². The Kier molecular flexibility index (Phi) is 14.1. The van der Waals surface area contributed by atoms with Crippen molar-refractivity contribution in [3.63, 3.8) is 0 Å². The van der Waals surface area contributed by atoms with Crippen molar-refractivity contribution in [3.05, 3.63) is 148 Å². The van der Waals surface area contributed by atoms with Crippen LogP contribution in [0.15, 0.2) is 115 Å². The number of nitrogens with zero attached hydrogens (tertiary/aromatic N) is 1. The number of alkyl halides is 1. The molecule has 0 spiro atoms. The Morgan fingerprint density at radius 2 is 1.11 bits per heavy atom. The third kappa shape index (κ3) is 10.9. The number of ether oxygens (including phenoxy) is 6. The zero-order chi connectivity index (χ0) is 32.7. The third-order valence-electron chi connectivity index (χ3n) is 7.71. The minimum atomic E-state index is -0.730. The van der Waals surface area contributed by atoms with Crippen molar-refractivity contribution in [1.29, 1.82) is 0 Å². The van der Waals surface area contributed by atoms with Crippen molar-refractivity contribution < 1.29 is 33.3 Å². The van der Waals surface area contributed by atoms with E-state index < -0.39 is 35.6 Å². The number of nitro benzene ring substituents is 1. The molecule has 1 fully saturated rings. The number of halogens is 1. The Morgan fingerprint density at radius 3 is 1.62 bits per heavy atom. The topological polar surface area (TPSA) is 98.5 Å². The summed E-state index contributed by atoms with van der Waals surface area (Å²) in [6, 6.07) is 36.3. The molecule has 9 nitrogen and oxygen atoms in total. The largest absolute Gasteiger partial charge is 0.374 e. The molecule has 0 aliphatic carbocycles. The lowest BCUT2D eigenvalue weighted by Crippen LogP contribution is -2.61. The van der Waals surface area contributed by atoms with Crippen molar-refractivity contribution in [1.82, 2.24) is 0 Å². The smallest absolute Gasteiger partial charge is 0.269 e. The first-order valence-electron chi connectivity index (χ1n) is 15.7. The fourth-order valence-electron chi connectivity index (χ4n) is 5.27. The maximum atomic E-state index is 11.1. The molecule has 248 valence electrons. The minimum absolute atomic E-state index is 0.0326. The molecule has 1 heterocycles. The van der Waals surface area contributed by atoms with Crippen LogP contribution in [0.5, 0.6) is 0 Å². The monoisotopic (exact) mass is 753 g/mol. The molecule has 4 aromatic carbocycles. The number of hydrogen-bond acceptors (Lipinski definition) is 8. The number of benzene rings is 4. The van der Waals surface area contributed by atoms with Gasteiger partial charge in [0.1, 0.15) is 24.4 Å². The van der Waals surface area contributed by atoms with Crippen molar-refractivity contribution in [2.24, 2.45) is 0 Å². The van der Waals surface area contributed by atoms with Gasteiger partial charge in [0.15, 0.2) is 6.29 Å². The van der Waals surface area contributed by atoms with Crippen LogP contribution in [-0.4, -0.2) is 53.3 Å². The molecule has 1 aliphatic heterocycles. The van der Waals surface area contributed by atoms with E-state index in [-0.39, 0.29) is 18.9 Å². The molecule has 47 heavy (non-hydrogen) atoms. The van der Waals surface area contributed by atoms with Crippen LogP contribution >= 0.6 is 22.6 Å². The summed E-state index contributed by atoms with van der Waals surface area (Å²) in [6.45, 7) is 1.95. The van der Waals surface area contributed by atoms with Crippen LogP contribution in [0.4, 0.5) is 5.69 Å². The summed E-state index contributed by atoms with van der Waals surface area (Å²) in [5, 5.41) is 11.1. The van der Waals surface area contributed by atoms with Gasteiger partial charge in [0, 0.05) is 16.6 Å². The molecule has 5 rings (SSSR count). The second-order valence-electron chi connectivity index (χ2n) is 11.2. The second-order valence-corrected chi connectivity index (χ2v) is 12.3. The van der Waals surface area contributed by atoms with Crippen LogP contribution in [0.2, 0.25) is 0 Å². The van der Waals surface area contributed by atoms with Gasteiger partial charge in [-0.2, -0.15) is 0 Å². The van der Waals surface area contributed by atoms with Crippen LogP contribution in [-0.2, 0) is 54.8 Å². The van der Waals surface area contributed by atoms with Gasteiger partial charge in [0.25, 0.3) is 5.69 Å². The van der Waals surface area contributed by atoms with E-state index in [2.05, 4.69) is 22.6 Å². The Balaban J connectivity index is 1.40. The highest BCUT2D eigenvalue weighted by Gasteiger charge is 2.49. The molecule has 0 radical (unpaired) electrons. The average molecular weight is 754 g/mol. The van der Waals surface area contributed by atoms with Gasteiger partial charge in [-0.25, -0.2) is 0 Å². The van der Waals surface area contributed by atoms with Gasteiger partial charge in [-0.1, -0.05) is 114 Å².